The molecule has 3 N–H and O–H groups in total. The van der Waals surface area contributed by atoms with Crippen LogP contribution in [0.25, 0.3) is 0 Å². The summed E-state index contributed by atoms with van der Waals surface area (Å²) in [5, 5.41) is 13.8. The first-order chi connectivity index (χ1) is 8.66. The standard InChI is InChI=1S/C11H16N4O3/c12-10-4-3-9(15(16)17)11(14-10)13-6-8-2-1-5-18-7-8/h3-4,8H,1-2,5-7H2,(H3,12,13,14). The Kier molecular flexibility index (Phi) is 3.93. The van der Waals surface area contributed by atoms with Gasteiger partial charge in [-0.3, -0.25) is 10.1 Å². The molecule has 0 radical (unpaired) electrons. The summed E-state index contributed by atoms with van der Waals surface area (Å²) in [5.74, 6) is 0.857. The normalized spacial score (nSPS) is 19.4. The number of nitro groups is 1. The molecule has 0 spiro atoms. The number of nitrogens with two attached hydrogens (primary N) is 1. The molecule has 1 unspecified atom stereocenters. The van der Waals surface area contributed by atoms with Crippen molar-refractivity contribution in [2.45, 2.75) is 12.8 Å². The van der Waals surface area contributed by atoms with Crippen molar-refractivity contribution in [2.24, 2.45) is 5.92 Å². The lowest BCUT2D eigenvalue weighted by Gasteiger charge is -2.22. The van der Waals surface area contributed by atoms with E-state index in [2.05, 4.69) is 10.3 Å². The van der Waals surface area contributed by atoms with Gasteiger partial charge < -0.3 is 15.8 Å². The topological polar surface area (TPSA) is 103 Å². The van der Waals surface area contributed by atoms with Gasteiger partial charge >= 0.3 is 5.69 Å². The molecule has 0 aromatic carbocycles. The van der Waals surface area contributed by atoms with Crippen molar-refractivity contribution in [1.82, 2.24) is 4.98 Å². The van der Waals surface area contributed by atoms with Gasteiger partial charge in [0, 0.05) is 19.2 Å². The van der Waals surface area contributed by atoms with Crippen LogP contribution in [0.4, 0.5) is 17.3 Å². The van der Waals surface area contributed by atoms with Crippen LogP contribution in [0.15, 0.2) is 12.1 Å². The Labute approximate surface area is 104 Å². The molecule has 2 rings (SSSR count). The van der Waals surface area contributed by atoms with E-state index in [9.17, 15) is 10.1 Å². The molecular weight excluding hydrogens is 236 g/mol. The van der Waals surface area contributed by atoms with E-state index in [4.69, 9.17) is 10.5 Å². The average molecular weight is 252 g/mol. The van der Waals surface area contributed by atoms with Crippen LogP contribution in [-0.4, -0.2) is 29.7 Å². The molecule has 1 aliphatic heterocycles. The molecule has 1 aromatic heterocycles. The summed E-state index contributed by atoms with van der Waals surface area (Å²) in [4.78, 5) is 14.3. The third kappa shape index (κ3) is 3.07. The predicted octanol–water partition coefficient (Wildman–Crippen LogP) is 1.41. The van der Waals surface area contributed by atoms with E-state index < -0.39 is 4.92 Å². The maximum absolute atomic E-state index is 10.8. The van der Waals surface area contributed by atoms with Crippen molar-refractivity contribution in [3.63, 3.8) is 0 Å². The second-order valence-corrected chi connectivity index (χ2v) is 4.33. The van der Waals surface area contributed by atoms with Crippen molar-refractivity contribution >= 4 is 17.3 Å². The highest BCUT2D eigenvalue weighted by Gasteiger charge is 2.18. The second kappa shape index (κ2) is 5.63. The molecule has 7 heteroatoms. The lowest BCUT2D eigenvalue weighted by atomic mass is 10.0. The van der Waals surface area contributed by atoms with Crippen LogP contribution >= 0.6 is 0 Å². The minimum absolute atomic E-state index is 0.0547. The van der Waals surface area contributed by atoms with Crippen LogP contribution in [0, 0.1) is 16.0 Å². The monoisotopic (exact) mass is 252 g/mol. The average Bonchev–Trinajstić information content (AvgIpc) is 2.37. The minimum atomic E-state index is -0.466. The summed E-state index contributed by atoms with van der Waals surface area (Å²) in [6.45, 7) is 2.09. The van der Waals surface area contributed by atoms with E-state index in [0.29, 0.717) is 19.1 Å². The highest BCUT2D eigenvalue weighted by Crippen LogP contribution is 2.24. The van der Waals surface area contributed by atoms with Crippen molar-refractivity contribution in [3.8, 4) is 0 Å². The fourth-order valence-corrected chi connectivity index (χ4v) is 1.95. The summed E-state index contributed by atoms with van der Waals surface area (Å²) >= 11 is 0. The molecule has 0 aliphatic carbocycles. The molecule has 1 aromatic rings. The van der Waals surface area contributed by atoms with E-state index in [0.717, 1.165) is 19.4 Å². The van der Waals surface area contributed by atoms with Crippen molar-refractivity contribution in [1.29, 1.82) is 0 Å². The quantitative estimate of drug-likeness (QED) is 0.620. The molecule has 98 valence electrons. The van der Waals surface area contributed by atoms with E-state index in [1.54, 1.807) is 0 Å². The SMILES string of the molecule is Nc1ccc([N+](=O)[O-])c(NCC2CCCOC2)n1. The van der Waals surface area contributed by atoms with Gasteiger partial charge in [0.1, 0.15) is 5.82 Å². The van der Waals surface area contributed by atoms with Gasteiger partial charge in [0.15, 0.2) is 0 Å². The predicted molar refractivity (Wildman–Crippen MR) is 67.3 cm³/mol. The highest BCUT2D eigenvalue weighted by molar-refractivity contribution is 5.59. The van der Waals surface area contributed by atoms with Gasteiger partial charge in [-0.05, 0) is 24.8 Å². The molecule has 0 bridgehead atoms. The molecule has 18 heavy (non-hydrogen) atoms. The Morgan fingerprint density at radius 2 is 2.44 bits per heavy atom. The van der Waals surface area contributed by atoms with Gasteiger partial charge in [-0.15, -0.1) is 0 Å². The molecule has 0 amide bonds. The summed E-state index contributed by atoms with van der Waals surface area (Å²) in [5.41, 5.74) is 5.48. The fraction of sp³-hybridized carbons (Fsp3) is 0.545. The molecular formula is C11H16N4O3. The van der Waals surface area contributed by atoms with Gasteiger partial charge in [0.25, 0.3) is 0 Å². The summed E-state index contributed by atoms with van der Waals surface area (Å²) in [6, 6.07) is 2.79. The first-order valence-corrected chi connectivity index (χ1v) is 5.89. The van der Waals surface area contributed by atoms with Crippen molar-refractivity contribution < 1.29 is 9.66 Å². The number of ether oxygens (including phenoxy) is 1. The van der Waals surface area contributed by atoms with Crippen LogP contribution in [0.5, 0.6) is 0 Å². The second-order valence-electron chi connectivity index (χ2n) is 4.33. The van der Waals surface area contributed by atoms with Gasteiger partial charge in [-0.1, -0.05) is 0 Å². The fourth-order valence-electron chi connectivity index (χ4n) is 1.95. The van der Waals surface area contributed by atoms with Gasteiger partial charge in [-0.25, -0.2) is 4.98 Å². The number of rotatable bonds is 4. The van der Waals surface area contributed by atoms with Crippen LogP contribution in [0.1, 0.15) is 12.8 Å². The molecule has 2 heterocycles. The molecule has 1 atom stereocenters. The number of nitrogens with zero attached hydrogens (tertiary/aromatic N) is 2. The number of aromatic nitrogens is 1. The number of hydrogen-bond acceptors (Lipinski definition) is 6. The van der Waals surface area contributed by atoms with Crippen LogP contribution < -0.4 is 11.1 Å². The Hall–Kier alpha value is -1.89. The molecule has 1 fully saturated rings. The molecule has 1 saturated heterocycles. The van der Waals surface area contributed by atoms with E-state index in [-0.39, 0.29) is 17.3 Å². The minimum Gasteiger partial charge on any atom is -0.384 e. The number of pyridine rings is 1. The summed E-state index contributed by atoms with van der Waals surface area (Å²) in [6.07, 6.45) is 2.09. The number of anilines is 2. The van der Waals surface area contributed by atoms with Crippen molar-refractivity contribution in [2.75, 3.05) is 30.8 Å². The van der Waals surface area contributed by atoms with E-state index in [1.807, 2.05) is 0 Å². The smallest absolute Gasteiger partial charge is 0.311 e. The zero-order chi connectivity index (χ0) is 13.0. The first kappa shape index (κ1) is 12.6. The Balaban J connectivity index is 2.03. The first-order valence-electron chi connectivity index (χ1n) is 5.89. The molecule has 0 saturated carbocycles. The zero-order valence-corrected chi connectivity index (χ0v) is 9.96. The summed E-state index contributed by atoms with van der Waals surface area (Å²) < 4.78 is 5.35. The lowest BCUT2D eigenvalue weighted by Crippen LogP contribution is -2.24. The van der Waals surface area contributed by atoms with Gasteiger partial charge in [0.05, 0.1) is 11.5 Å². The van der Waals surface area contributed by atoms with Crippen LogP contribution in [0.3, 0.4) is 0 Å². The van der Waals surface area contributed by atoms with E-state index >= 15 is 0 Å². The number of nitrogens with one attached hydrogen (secondary N) is 1. The Bertz CT molecular complexity index is 432. The summed E-state index contributed by atoms with van der Waals surface area (Å²) in [7, 11) is 0. The largest absolute Gasteiger partial charge is 0.384 e. The third-order valence-electron chi connectivity index (χ3n) is 2.90. The van der Waals surface area contributed by atoms with Crippen LogP contribution in [-0.2, 0) is 4.74 Å². The van der Waals surface area contributed by atoms with Crippen molar-refractivity contribution in [3.05, 3.63) is 22.2 Å². The Morgan fingerprint density at radius 3 is 3.11 bits per heavy atom. The number of nitrogen functional groups attached to an aromatic ring is 1. The van der Waals surface area contributed by atoms with E-state index in [1.165, 1.54) is 12.1 Å². The lowest BCUT2D eigenvalue weighted by molar-refractivity contribution is -0.384. The molecule has 1 aliphatic rings. The number of hydrogen-bond donors (Lipinski definition) is 2. The zero-order valence-electron chi connectivity index (χ0n) is 9.96. The van der Waals surface area contributed by atoms with Crippen LogP contribution in [0.2, 0.25) is 0 Å². The maximum atomic E-state index is 10.8. The third-order valence-corrected chi connectivity index (χ3v) is 2.90. The maximum Gasteiger partial charge on any atom is 0.311 e. The van der Waals surface area contributed by atoms with Gasteiger partial charge in [-0.2, -0.15) is 0 Å². The van der Waals surface area contributed by atoms with Gasteiger partial charge in [0.2, 0.25) is 5.82 Å². The molecule has 7 nitrogen and oxygen atoms in total. The highest BCUT2D eigenvalue weighted by atomic mass is 16.6. The Morgan fingerprint density at radius 1 is 1.61 bits per heavy atom.